The average molecular weight is 343 g/mol. The zero-order chi connectivity index (χ0) is 15.5. The summed E-state index contributed by atoms with van der Waals surface area (Å²) in [7, 11) is -0.306. The van der Waals surface area contributed by atoms with Crippen LogP contribution in [0.3, 0.4) is 0 Å². The van der Waals surface area contributed by atoms with Gasteiger partial charge in [0.05, 0.1) is 10.8 Å². The number of hydrogen-bond acceptors (Lipinski definition) is 3. The Morgan fingerprint density at radius 2 is 1.90 bits per heavy atom. The van der Waals surface area contributed by atoms with Gasteiger partial charge in [0.15, 0.2) is 0 Å². The maximum Gasteiger partial charge on any atom is 0.214 e. The minimum absolute atomic E-state index is 0.0406. The van der Waals surface area contributed by atoms with E-state index < -0.39 is 15.8 Å². The lowest BCUT2D eigenvalue weighted by Crippen LogP contribution is -2.32. The molecule has 20 heavy (non-hydrogen) atoms. The summed E-state index contributed by atoms with van der Waals surface area (Å²) in [4.78, 5) is 0. The molecule has 1 N–H and O–H groups in total. The largest absolute Gasteiger partial charge is 0.309 e. The van der Waals surface area contributed by atoms with Crippen molar-refractivity contribution < 1.29 is 12.8 Å². The molecule has 8 heteroatoms. The minimum atomic E-state index is -3.26. The van der Waals surface area contributed by atoms with Crippen LogP contribution in [0.5, 0.6) is 0 Å². The van der Waals surface area contributed by atoms with E-state index in [2.05, 4.69) is 5.32 Å². The van der Waals surface area contributed by atoms with Crippen LogP contribution in [0.25, 0.3) is 0 Å². The lowest BCUT2D eigenvalue weighted by Gasteiger charge is -2.17. The third-order valence-corrected chi connectivity index (χ3v) is 5.32. The summed E-state index contributed by atoms with van der Waals surface area (Å²) < 4.78 is 37.8. The van der Waals surface area contributed by atoms with Gasteiger partial charge in [0.25, 0.3) is 0 Å². The van der Waals surface area contributed by atoms with Gasteiger partial charge < -0.3 is 5.32 Å². The number of hydrogen-bond donors (Lipinski definition) is 1. The Labute approximate surface area is 128 Å². The Balaban J connectivity index is 2.69. The van der Waals surface area contributed by atoms with E-state index in [1.165, 1.54) is 26.2 Å². The van der Waals surface area contributed by atoms with Gasteiger partial charge in [-0.15, -0.1) is 0 Å². The molecule has 0 aliphatic heterocycles. The second kappa shape index (κ2) is 7.04. The van der Waals surface area contributed by atoms with Gasteiger partial charge in [-0.1, -0.05) is 23.2 Å². The normalized spacial score (nSPS) is 13.8. The number of sulfonamides is 1. The number of benzene rings is 1. The van der Waals surface area contributed by atoms with Crippen molar-refractivity contribution in [2.75, 3.05) is 26.4 Å². The lowest BCUT2D eigenvalue weighted by atomic mass is 10.1. The molecule has 1 aromatic rings. The first-order chi connectivity index (χ1) is 9.15. The first kappa shape index (κ1) is 17.7. The average Bonchev–Trinajstić information content (AvgIpc) is 2.33. The SMILES string of the molecule is CC(NCCS(=O)(=O)N(C)C)c1cc(F)c(Cl)cc1Cl. The number of nitrogens with zero attached hydrogens (tertiary/aromatic N) is 1. The fourth-order valence-electron chi connectivity index (χ4n) is 1.57. The predicted molar refractivity (Wildman–Crippen MR) is 80.3 cm³/mol. The first-order valence-electron chi connectivity index (χ1n) is 5.93. The molecule has 0 bridgehead atoms. The molecule has 1 atom stereocenters. The molecule has 0 saturated heterocycles. The summed E-state index contributed by atoms with van der Waals surface area (Å²) in [6, 6.07) is 2.30. The van der Waals surface area contributed by atoms with Gasteiger partial charge in [0.2, 0.25) is 10.0 Å². The molecule has 0 aliphatic carbocycles. The van der Waals surface area contributed by atoms with Gasteiger partial charge in [0.1, 0.15) is 5.82 Å². The Hall–Kier alpha value is -0.400. The van der Waals surface area contributed by atoms with Crippen LogP contribution in [-0.2, 0) is 10.0 Å². The van der Waals surface area contributed by atoms with E-state index in [4.69, 9.17) is 23.2 Å². The lowest BCUT2D eigenvalue weighted by molar-refractivity contribution is 0.512. The van der Waals surface area contributed by atoms with Crippen molar-refractivity contribution in [1.82, 2.24) is 9.62 Å². The molecule has 0 aliphatic rings. The summed E-state index contributed by atoms with van der Waals surface area (Å²) in [5, 5.41) is 3.30. The van der Waals surface area contributed by atoms with E-state index in [9.17, 15) is 12.8 Å². The summed E-state index contributed by atoms with van der Waals surface area (Å²) >= 11 is 11.6. The molecule has 1 aromatic carbocycles. The van der Waals surface area contributed by atoms with Crippen molar-refractivity contribution in [2.45, 2.75) is 13.0 Å². The molecular weight excluding hydrogens is 326 g/mol. The van der Waals surface area contributed by atoms with Crippen molar-refractivity contribution in [3.05, 3.63) is 33.6 Å². The van der Waals surface area contributed by atoms with Crippen LogP contribution in [0.4, 0.5) is 4.39 Å². The fraction of sp³-hybridized carbons (Fsp3) is 0.500. The fourth-order valence-corrected chi connectivity index (χ4v) is 2.85. The minimum Gasteiger partial charge on any atom is -0.309 e. The van der Waals surface area contributed by atoms with Crippen LogP contribution < -0.4 is 5.32 Å². The van der Waals surface area contributed by atoms with Crippen LogP contribution in [0, 0.1) is 5.82 Å². The van der Waals surface area contributed by atoms with Crippen LogP contribution in [-0.4, -0.2) is 39.1 Å². The van der Waals surface area contributed by atoms with E-state index in [1.807, 2.05) is 0 Å². The highest BCUT2D eigenvalue weighted by Gasteiger charge is 2.16. The topological polar surface area (TPSA) is 49.4 Å². The summed E-state index contributed by atoms with van der Waals surface area (Å²) in [5.41, 5.74) is 0.538. The predicted octanol–water partition coefficient (Wildman–Crippen LogP) is 2.67. The van der Waals surface area contributed by atoms with Crippen molar-refractivity contribution >= 4 is 33.2 Å². The first-order valence-corrected chi connectivity index (χ1v) is 8.29. The molecule has 114 valence electrons. The standard InChI is InChI=1S/C12H17Cl2FN2O2S/c1-8(16-4-5-20(18,19)17(2)3)9-6-12(15)11(14)7-10(9)13/h6-8,16H,4-5H2,1-3H3. The molecule has 0 spiro atoms. The molecule has 0 radical (unpaired) electrons. The number of rotatable bonds is 6. The van der Waals surface area contributed by atoms with Crippen molar-refractivity contribution in [3.8, 4) is 0 Å². The Kier molecular flexibility index (Phi) is 6.22. The van der Waals surface area contributed by atoms with Crippen molar-refractivity contribution in [3.63, 3.8) is 0 Å². The smallest absolute Gasteiger partial charge is 0.214 e. The monoisotopic (exact) mass is 342 g/mol. The van der Waals surface area contributed by atoms with Gasteiger partial charge >= 0.3 is 0 Å². The molecule has 0 fully saturated rings. The third-order valence-electron chi connectivity index (χ3n) is 2.87. The molecule has 1 unspecified atom stereocenters. The second-order valence-corrected chi connectivity index (χ2v) is 7.68. The van der Waals surface area contributed by atoms with Gasteiger partial charge in [0, 0.05) is 31.7 Å². The summed E-state index contributed by atoms with van der Waals surface area (Å²) in [6.45, 7) is 2.01. The van der Waals surface area contributed by atoms with Crippen molar-refractivity contribution in [1.29, 1.82) is 0 Å². The maximum atomic E-state index is 13.4. The molecule has 4 nitrogen and oxygen atoms in total. The second-order valence-electron chi connectivity index (χ2n) is 4.56. The Morgan fingerprint density at radius 3 is 2.45 bits per heavy atom. The van der Waals surface area contributed by atoms with Crippen LogP contribution >= 0.6 is 23.2 Å². The van der Waals surface area contributed by atoms with Crippen LogP contribution in [0.1, 0.15) is 18.5 Å². The Morgan fingerprint density at radius 1 is 1.30 bits per heavy atom. The number of nitrogens with one attached hydrogen (secondary N) is 1. The highest BCUT2D eigenvalue weighted by Crippen LogP contribution is 2.28. The summed E-state index contributed by atoms with van der Waals surface area (Å²) in [6.07, 6.45) is 0. The number of halogens is 3. The quantitative estimate of drug-likeness (QED) is 0.808. The van der Waals surface area contributed by atoms with Crippen molar-refractivity contribution in [2.24, 2.45) is 0 Å². The van der Waals surface area contributed by atoms with E-state index in [-0.39, 0.29) is 23.4 Å². The van der Waals surface area contributed by atoms with E-state index >= 15 is 0 Å². The van der Waals surface area contributed by atoms with Crippen LogP contribution in [0.15, 0.2) is 12.1 Å². The summed E-state index contributed by atoms with van der Waals surface area (Å²) in [5.74, 6) is -0.599. The molecule has 0 aromatic heterocycles. The molecule has 1 rings (SSSR count). The Bertz CT molecular complexity index is 579. The molecule has 0 heterocycles. The van der Waals surface area contributed by atoms with E-state index in [0.717, 1.165) is 4.31 Å². The van der Waals surface area contributed by atoms with Gasteiger partial charge in [-0.3, -0.25) is 0 Å². The maximum absolute atomic E-state index is 13.4. The zero-order valence-corrected chi connectivity index (χ0v) is 13.8. The highest BCUT2D eigenvalue weighted by atomic mass is 35.5. The van der Waals surface area contributed by atoms with Gasteiger partial charge in [-0.05, 0) is 24.6 Å². The van der Waals surface area contributed by atoms with Gasteiger partial charge in [-0.2, -0.15) is 0 Å². The van der Waals surface area contributed by atoms with E-state index in [0.29, 0.717) is 10.6 Å². The van der Waals surface area contributed by atoms with E-state index in [1.54, 1.807) is 6.92 Å². The van der Waals surface area contributed by atoms with Crippen LogP contribution in [0.2, 0.25) is 10.0 Å². The molecule has 0 amide bonds. The molecular formula is C12H17Cl2FN2O2S. The highest BCUT2D eigenvalue weighted by molar-refractivity contribution is 7.89. The zero-order valence-electron chi connectivity index (χ0n) is 11.5. The third kappa shape index (κ3) is 4.56. The molecule has 0 saturated carbocycles. The van der Waals surface area contributed by atoms with Gasteiger partial charge in [-0.25, -0.2) is 17.1 Å².